The number of aromatic nitrogens is 1. The van der Waals surface area contributed by atoms with Gasteiger partial charge in [0.05, 0.1) is 0 Å². The van der Waals surface area contributed by atoms with Crippen molar-refractivity contribution in [3.8, 4) is 0 Å². The molecule has 2 heterocycles. The number of nitrogens with one attached hydrogen (secondary N) is 1. The lowest BCUT2D eigenvalue weighted by molar-refractivity contribution is 0.0707. The van der Waals surface area contributed by atoms with Crippen molar-refractivity contribution in [3.05, 3.63) is 34.4 Å². The van der Waals surface area contributed by atoms with Gasteiger partial charge in [0.1, 0.15) is 0 Å². The number of fused-ring (bicyclic) bond motifs is 1. The minimum absolute atomic E-state index is 0.224. The van der Waals surface area contributed by atoms with Gasteiger partial charge in [0.2, 0.25) is 0 Å². The average Bonchev–Trinajstić information content (AvgIpc) is 2.85. The van der Waals surface area contributed by atoms with E-state index >= 15 is 0 Å². The molecule has 3 nitrogen and oxygen atoms in total. The van der Waals surface area contributed by atoms with Gasteiger partial charge in [-0.3, -0.25) is 4.72 Å². The molecule has 1 aliphatic rings. The maximum atomic E-state index is 5.53. The lowest BCUT2D eigenvalue weighted by Gasteiger charge is -2.24. The number of halogens is 1. The Morgan fingerprint density at radius 3 is 2.74 bits per heavy atom. The molecule has 1 aliphatic heterocycles. The van der Waals surface area contributed by atoms with Gasteiger partial charge < -0.3 is 9.30 Å². The Balaban J connectivity index is 1.88. The van der Waals surface area contributed by atoms with E-state index < -0.39 is 0 Å². The molecule has 1 aromatic carbocycles. The maximum Gasteiger partial charge on any atom is 0.0497 e. The van der Waals surface area contributed by atoms with Crippen molar-refractivity contribution in [2.45, 2.75) is 50.9 Å². The Morgan fingerprint density at radius 1 is 1.30 bits per heavy atom. The second-order valence-corrected chi connectivity index (χ2v) is 9.74. The van der Waals surface area contributed by atoms with E-state index in [1.807, 2.05) is 0 Å². The van der Waals surface area contributed by atoms with Crippen molar-refractivity contribution in [2.24, 2.45) is 0 Å². The average molecular weight is 397 g/mol. The SMILES string of the molecule is CC(C)(C)SNCc1cn(C2CCOCC2)c2cc(Br)ccc12. The van der Waals surface area contributed by atoms with Crippen molar-refractivity contribution in [1.29, 1.82) is 0 Å². The predicted octanol–water partition coefficient (Wildman–Crippen LogP) is 5.29. The lowest BCUT2D eigenvalue weighted by Crippen LogP contribution is -2.19. The highest BCUT2D eigenvalue weighted by Crippen LogP contribution is 2.32. The number of nitrogens with zero attached hydrogens (tertiary/aromatic N) is 1. The monoisotopic (exact) mass is 396 g/mol. The van der Waals surface area contributed by atoms with Gasteiger partial charge in [0, 0.05) is 52.1 Å². The molecular formula is C18H25BrN2OS. The molecule has 1 N–H and O–H groups in total. The van der Waals surface area contributed by atoms with Gasteiger partial charge >= 0.3 is 0 Å². The molecule has 5 heteroatoms. The van der Waals surface area contributed by atoms with E-state index in [9.17, 15) is 0 Å². The van der Waals surface area contributed by atoms with Crippen molar-refractivity contribution in [2.75, 3.05) is 13.2 Å². The van der Waals surface area contributed by atoms with Crippen LogP contribution in [0.3, 0.4) is 0 Å². The summed E-state index contributed by atoms with van der Waals surface area (Å²) >= 11 is 5.42. The highest BCUT2D eigenvalue weighted by atomic mass is 79.9. The summed E-state index contributed by atoms with van der Waals surface area (Å²) in [6, 6.07) is 7.15. The van der Waals surface area contributed by atoms with E-state index in [0.717, 1.165) is 37.1 Å². The van der Waals surface area contributed by atoms with E-state index in [2.05, 4.69) is 70.4 Å². The predicted molar refractivity (Wildman–Crippen MR) is 103 cm³/mol. The highest BCUT2D eigenvalue weighted by molar-refractivity contribution is 9.10. The molecule has 2 aromatic rings. The normalized spacial score (nSPS) is 17.0. The van der Waals surface area contributed by atoms with E-state index in [1.54, 1.807) is 11.9 Å². The van der Waals surface area contributed by atoms with E-state index in [4.69, 9.17) is 4.74 Å². The Labute approximate surface area is 151 Å². The van der Waals surface area contributed by atoms with Crippen molar-refractivity contribution in [3.63, 3.8) is 0 Å². The molecule has 0 bridgehead atoms. The molecule has 0 unspecified atom stereocenters. The number of rotatable bonds is 4. The second-order valence-electron chi connectivity index (χ2n) is 7.10. The number of ether oxygens (including phenoxy) is 1. The topological polar surface area (TPSA) is 26.2 Å². The minimum Gasteiger partial charge on any atom is -0.381 e. The fraction of sp³-hybridized carbons (Fsp3) is 0.556. The molecule has 0 spiro atoms. The van der Waals surface area contributed by atoms with Crippen LogP contribution in [0.15, 0.2) is 28.9 Å². The number of benzene rings is 1. The van der Waals surface area contributed by atoms with Crippen LogP contribution in [0, 0.1) is 0 Å². The summed E-state index contributed by atoms with van der Waals surface area (Å²) in [5.41, 5.74) is 2.69. The van der Waals surface area contributed by atoms with Crippen LogP contribution >= 0.6 is 27.9 Å². The molecular weight excluding hydrogens is 372 g/mol. The molecule has 23 heavy (non-hydrogen) atoms. The van der Waals surface area contributed by atoms with Crippen LogP contribution in [0.1, 0.15) is 45.2 Å². The zero-order valence-electron chi connectivity index (χ0n) is 14.1. The van der Waals surface area contributed by atoms with Gasteiger partial charge in [0.25, 0.3) is 0 Å². The largest absolute Gasteiger partial charge is 0.381 e. The third kappa shape index (κ3) is 4.32. The van der Waals surface area contributed by atoms with Crippen molar-refractivity contribution >= 4 is 38.8 Å². The Hall–Kier alpha value is -0.490. The Bertz CT molecular complexity index is 671. The summed E-state index contributed by atoms with van der Waals surface area (Å²) in [6.07, 6.45) is 4.53. The summed E-state index contributed by atoms with van der Waals surface area (Å²) in [4.78, 5) is 0. The molecule has 1 fully saturated rings. The third-order valence-electron chi connectivity index (χ3n) is 4.10. The molecule has 0 amide bonds. The molecule has 0 aliphatic carbocycles. The van der Waals surface area contributed by atoms with Crippen molar-refractivity contribution < 1.29 is 4.74 Å². The molecule has 3 rings (SSSR count). The van der Waals surface area contributed by atoms with E-state index in [0.29, 0.717) is 6.04 Å². The van der Waals surface area contributed by atoms with Crippen LogP contribution < -0.4 is 4.72 Å². The molecule has 0 saturated carbocycles. The summed E-state index contributed by atoms with van der Waals surface area (Å²) < 4.78 is 12.9. The van der Waals surface area contributed by atoms with E-state index in [-0.39, 0.29) is 4.75 Å². The first-order chi connectivity index (χ1) is 10.9. The van der Waals surface area contributed by atoms with Gasteiger partial charge in [-0.25, -0.2) is 0 Å². The third-order valence-corrected chi connectivity index (χ3v) is 5.50. The first kappa shape index (κ1) is 17.3. The van der Waals surface area contributed by atoms with Crippen LogP contribution in [-0.2, 0) is 11.3 Å². The maximum absolute atomic E-state index is 5.53. The molecule has 1 aromatic heterocycles. The van der Waals surface area contributed by atoms with Crippen LogP contribution in [0.25, 0.3) is 10.9 Å². The number of hydrogen-bond donors (Lipinski definition) is 1. The summed E-state index contributed by atoms with van der Waals surface area (Å²) in [5, 5.41) is 1.35. The van der Waals surface area contributed by atoms with Crippen molar-refractivity contribution in [1.82, 2.24) is 9.29 Å². The zero-order valence-corrected chi connectivity index (χ0v) is 16.5. The van der Waals surface area contributed by atoms with Gasteiger partial charge in [-0.1, -0.05) is 33.9 Å². The summed E-state index contributed by atoms with van der Waals surface area (Å²) in [7, 11) is 0. The summed E-state index contributed by atoms with van der Waals surface area (Å²) in [5.74, 6) is 0. The first-order valence-electron chi connectivity index (χ1n) is 8.21. The van der Waals surface area contributed by atoms with Gasteiger partial charge in [0.15, 0.2) is 0 Å². The standard InChI is InChI=1S/C18H25BrN2OS/c1-18(2,3)23-20-11-13-12-21(15-6-8-22-9-7-15)17-10-14(19)4-5-16(13)17/h4-5,10,12,15,20H,6-9,11H2,1-3H3. The van der Waals surface area contributed by atoms with Crippen LogP contribution in [0.5, 0.6) is 0 Å². The summed E-state index contributed by atoms with van der Waals surface area (Å²) in [6.45, 7) is 9.31. The Kier molecular flexibility index (Phi) is 5.41. The van der Waals surface area contributed by atoms with Crippen LogP contribution in [0.2, 0.25) is 0 Å². The quantitative estimate of drug-likeness (QED) is 0.710. The van der Waals surface area contributed by atoms with Crippen LogP contribution in [-0.4, -0.2) is 22.5 Å². The molecule has 0 atom stereocenters. The van der Waals surface area contributed by atoms with E-state index in [1.165, 1.54) is 16.5 Å². The molecule has 0 radical (unpaired) electrons. The van der Waals surface area contributed by atoms with Crippen LogP contribution in [0.4, 0.5) is 0 Å². The fourth-order valence-electron chi connectivity index (χ4n) is 3.03. The number of hydrogen-bond acceptors (Lipinski definition) is 3. The second kappa shape index (κ2) is 7.18. The first-order valence-corrected chi connectivity index (χ1v) is 9.82. The highest BCUT2D eigenvalue weighted by Gasteiger charge is 2.19. The van der Waals surface area contributed by atoms with Gasteiger partial charge in [-0.15, -0.1) is 0 Å². The smallest absolute Gasteiger partial charge is 0.0497 e. The molecule has 126 valence electrons. The Morgan fingerprint density at radius 2 is 2.04 bits per heavy atom. The lowest BCUT2D eigenvalue weighted by atomic mass is 10.1. The minimum atomic E-state index is 0.224. The fourth-order valence-corrected chi connectivity index (χ4v) is 4.04. The van der Waals surface area contributed by atoms with Gasteiger partial charge in [-0.05, 0) is 51.3 Å². The van der Waals surface area contributed by atoms with Gasteiger partial charge in [-0.2, -0.15) is 0 Å². The zero-order chi connectivity index (χ0) is 16.4. The molecule has 1 saturated heterocycles.